The molecule has 134 valence electrons. The minimum absolute atomic E-state index is 0.437. The molecule has 2 aromatic carbocycles. The van der Waals surface area contributed by atoms with E-state index >= 15 is 0 Å². The summed E-state index contributed by atoms with van der Waals surface area (Å²) in [6.45, 7) is 6.64. The van der Waals surface area contributed by atoms with Crippen LogP contribution in [0.15, 0.2) is 54.6 Å². The van der Waals surface area contributed by atoms with Gasteiger partial charge >= 0.3 is 0 Å². The van der Waals surface area contributed by atoms with Crippen LogP contribution in [0.2, 0.25) is 0 Å². The predicted octanol–water partition coefficient (Wildman–Crippen LogP) is 4.55. The molecule has 0 bridgehead atoms. The van der Waals surface area contributed by atoms with Crippen LogP contribution in [0, 0.1) is 0 Å². The van der Waals surface area contributed by atoms with Crippen LogP contribution >= 0.6 is 20.3 Å². The highest BCUT2D eigenvalue weighted by Crippen LogP contribution is 2.30. The molecule has 3 unspecified atom stereocenters. The van der Waals surface area contributed by atoms with E-state index in [1.165, 1.54) is 22.4 Å². The number of nitrogens with zero attached hydrogens (tertiary/aromatic N) is 1. The summed E-state index contributed by atoms with van der Waals surface area (Å²) in [4.78, 5) is 2.62. The number of nitrogens with one attached hydrogen (secondary N) is 1. The van der Waals surface area contributed by atoms with Gasteiger partial charge in [0.2, 0.25) is 0 Å². The molecule has 3 rings (SSSR count). The Labute approximate surface area is 158 Å². The molecule has 1 aliphatic heterocycles. The normalized spacial score (nSPS) is 20.8. The topological polar surface area (TPSA) is 15.3 Å². The van der Waals surface area contributed by atoms with Crippen LogP contribution in [0.25, 0.3) is 0 Å². The largest absolute Gasteiger partial charge is 0.286 e. The maximum Gasteiger partial charge on any atom is 0.109 e. The van der Waals surface area contributed by atoms with Crippen molar-refractivity contribution in [3.8, 4) is 0 Å². The van der Waals surface area contributed by atoms with Gasteiger partial charge in [0.1, 0.15) is 5.50 Å². The van der Waals surface area contributed by atoms with Gasteiger partial charge in [-0.2, -0.15) is 0 Å². The van der Waals surface area contributed by atoms with E-state index in [4.69, 9.17) is 0 Å². The van der Waals surface area contributed by atoms with Crippen molar-refractivity contribution in [3.05, 3.63) is 71.3 Å². The van der Waals surface area contributed by atoms with Crippen LogP contribution in [-0.2, 0) is 19.4 Å². The first-order chi connectivity index (χ1) is 12.3. The Morgan fingerprint density at radius 1 is 1.08 bits per heavy atom. The molecular weight excluding hydrogens is 343 g/mol. The third-order valence-corrected chi connectivity index (χ3v) is 7.40. The molecule has 2 nitrogen and oxygen atoms in total. The van der Waals surface area contributed by atoms with Gasteiger partial charge in [-0.25, -0.2) is 0 Å². The Bertz CT molecular complexity index is 649. The number of hydrogen-bond acceptors (Lipinski definition) is 3. The molecule has 1 heterocycles. The Hall–Kier alpha value is -0.860. The van der Waals surface area contributed by atoms with Crippen LogP contribution < -0.4 is 5.32 Å². The van der Waals surface area contributed by atoms with Crippen molar-refractivity contribution in [1.82, 2.24) is 10.2 Å². The number of benzene rings is 2. The highest BCUT2D eigenvalue weighted by Gasteiger charge is 2.28. The van der Waals surface area contributed by atoms with Gasteiger partial charge in [0.05, 0.1) is 0 Å². The fraction of sp³-hybridized carbons (Fsp3) is 0.429. The number of rotatable bonds is 8. The monoisotopic (exact) mass is 372 g/mol. The first-order valence-electron chi connectivity index (χ1n) is 9.19. The molecule has 0 spiro atoms. The Balaban J connectivity index is 1.69. The molecule has 0 radical (unpaired) electrons. The van der Waals surface area contributed by atoms with Gasteiger partial charge in [0.25, 0.3) is 0 Å². The van der Waals surface area contributed by atoms with Gasteiger partial charge in [-0.3, -0.25) is 10.2 Å². The zero-order valence-corrected chi connectivity index (χ0v) is 17.1. The van der Waals surface area contributed by atoms with E-state index in [1.54, 1.807) is 0 Å². The molecule has 1 fully saturated rings. The van der Waals surface area contributed by atoms with Gasteiger partial charge < -0.3 is 0 Å². The lowest BCUT2D eigenvalue weighted by molar-refractivity contribution is 0.228. The van der Waals surface area contributed by atoms with Crippen molar-refractivity contribution in [1.29, 1.82) is 0 Å². The summed E-state index contributed by atoms with van der Waals surface area (Å²) in [5.74, 6) is 1.91. The van der Waals surface area contributed by atoms with Crippen molar-refractivity contribution >= 4 is 20.3 Å². The fourth-order valence-corrected chi connectivity index (χ4v) is 5.74. The quantitative estimate of drug-likeness (QED) is 0.685. The van der Waals surface area contributed by atoms with Gasteiger partial charge in [-0.15, -0.1) is 20.3 Å². The average Bonchev–Trinajstić information content (AvgIpc) is 3.15. The van der Waals surface area contributed by atoms with E-state index in [0.29, 0.717) is 11.3 Å². The summed E-state index contributed by atoms with van der Waals surface area (Å²) in [5, 5.41) is 3.83. The Kier molecular flexibility index (Phi) is 7.36. The van der Waals surface area contributed by atoms with Crippen molar-refractivity contribution in [2.75, 3.05) is 19.0 Å². The fourth-order valence-electron chi connectivity index (χ4n) is 3.21. The van der Waals surface area contributed by atoms with Crippen molar-refractivity contribution < 1.29 is 0 Å². The third-order valence-electron chi connectivity index (χ3n) is 4.76. The average molecular weight is 373 g/mol. The number of thioether (sulfide) groups is 1. The lowest BCUT2D eigenvalue weighted by Crippen LogP contribution is -2.42. The van der Waals surface area contributed by atoms with Crippen LogP contribution in [0.5, 0.6) is 0 Å². The molecule has 0 saturated carbocycles. The minimum atomic E-state index is 0.437. The first-order valence-corrected chi connectivity index (χ1v) is 11.8. The van der Waals surface area contributed by atoms with E-state index in [2.05, 4.69) is 90.2 Å². The van der Waals surface area contributed by atoms with E-state index < -0.39 is 0 Å². The summed E-state index contributed by atoms with van der Waals surface area (Å²) in [7, 11) is 0.972. The molecule has 1 saturated heterocycles. The zero-order valence-electron chi connectivity index (χ0n) is 15.2. The van der Waals surface area contributed by atoms with E-state index in [-0.39, 0.29) is 0 Å². The molecule has 3 atom stereocenters. The molecule has 0 amide bonds. The summed E-state index contributed by atoms with van der Waals surface area (Å²) in [6, 6.07) is 19.9. The highest BCUT2D eigenvalue weighted by atomic mass is 32.2. The number of aryl methyl sites for hydroxylation is 1. The maximum atomic E-state index is 3.83. The number of hydrogen-bond donors (Lipinski definition) is 1. The van der Waals surface area contributed by atoms with Gasteiger partial charge in [0, 0.05) is 24.6 Å². The Morgan fingerprint density at radius 3 is 2.56 bits per heavy atom. The smallest absolute Gasteiger partial charge is 0.109 e. The van der Waals surface area contributed by atoms with Crippen LogP contribution in [0.1, 0.15) is 23.6 Å². The molecular formula is C21H29N2PS. The van der Waals surface area contributed by atoms with E-state index in [0.717, 1.165) is 34.5 Å². The lowest BCUT2D eigenvalue weighted by Gasteiger charge is -2.29. The second-order valence-electron chi connectivity index (χ2n) is 6.57. The molecule has 0 aliphatic carbocycles. The third kappa shape index (κ3) is 5.56. The minimum Gasteiger partial charge on any atom is -0.286 e. The summed E-state index contributed by atoms with van der Waals surface area (Å²) in [5.41, 5.74) is 4.72. The Morgan fingerprint density at radius 2 is 1.84 bits per heavy atom. The van der Waals surface area contributed by atoms with E-state index in [9.17, 15) is 0 Å². The predicted molar refractivity (Wildman–Crippen MR) is 114 cm³/mol. The standard InChI is InChI=1S/C21H29N2PS/c1-3-17-10-7-11-19(14-17)15-23(21-22-20(24-2)16-25-21)13-12-18-8-5-4-6-9-18/h4-11,14,20-22,24H,3,12-13,15-16H2,1-2H3. The van der Waals surface area contributed by atoms with Crippen molar-refractivity contribution in [2.45, 2.75) is 37.6 Å². The van der Waals surface area contributed by atoms with Gasteiger partial charge in [0.15, 0.2) is 0 Å². The summed E-state index contributed by atoms with van der Waals surface area (Å²) >= 11 is 2.07. The molecule has 25 heavy (non-hydrogen) atoms. The second-order valence-corrected chi connectivity index (χ2v) is 8.96. The first kappa shape index (κ1) is 18.9. The molecule has 1 N–H and O–H groups in total. The lowest BCUT2D eigenvalue weighted by atomic mass is 10.1. The highest BCUT2D eigenvalue weighted by molar-refractivity contribution is 8.00. The van der Waals surface area contributed by atoms with Gasteiger partial charge in [-0.05, 0) is 36.2 Å². The zero-order chi connectivity index (χ0) is 17.5. The second kappa shape index (κ2) is 9.73. The van der Waals surface area contributed by atoms with Crippen molar-refractivity contribution in [2.24, 2.45) is 0 Å². The SMILES string of the molecule is CCc1cccc(CN(CCc2ccccc2)C2NC(PC)CS2)c1. The van der Waals surface area contributed by atoms with Crippen LogP contribution in [0.3, 0.4) is 0 Å². The maximum absolute atomic E-state index is 3.83. The molecule has 1 aliphatic rings. The molecule has 2 aromatic rings. The summed E-state index contributed by atoms with van der Waals surface area (Å²) in [6.07, 6.45) is 2.21. The van der Waals surface area contributed by atoms with E-state index in [1.807, 2.05) is 0 Å². The molecule has 0 aromatic heterocycles. The van der Waals surface area contributed by atoms with Gasteiger partial charge in [-0.1, -0.05) is 61.5 Å². The summed E-state index contributed by atoms with van der Waals surface area (Å²) < 4.78 is 0. The van der Waals surface area contributed by atoms with Crippen LogP contribution in [-0.4, -0.2) is 35.1 Å². The molecule has 4 heteroatoms. The van der Waals surface area contributed by atoms with Crippen LogP contribution in [0.4, 0.5) is 0 Å². The van der Waals surface area contributed by atoms with Crippen molar-refractivity contribution in [3.63, 3.8) is 0 Å².